The van der Waals surface area contributed by atoms with E-state index in [0.29, 0.717) is 30.9 Å². The third-order valence-corrected chi connectivity index (χ3v) is 6.09. The van der Waals surface area contributed by atoms with Crippen LogP contribution < -0.4 is 5.56 Å². The molecule has 1 aliphatic heterocycles. The molecule has 0 unspecified atom stereocenters. The van der Waals surface area contributed by atoms with Gasteiger partial charge in [-0.3, -0.25) is 18.8 Å². The highest BCUT2D eigenvalue weighted by molar-refractivity contribution is 5.95. The number of hydrogen-bond acceptors (Lipinski definition) is 4. The Hall–Kier alpha value is -3.66. The van der Waals surface area contributed by atoms with Crippen molar-refractivity contribution in [2.45, 2.75) is 39.3 Å². The number of fused-ring (bicyclic) bond motifs is 2. The summed E-state index contributed by atoms with van der Waals surface area (Å²) in [6, 6.07) is 11.6. The molecule has 0 saturated carbocycles. The Balaban J connectivity index is 1.53. The summed E-state index contributed by atoms with van der Waals surface area (Å²) in [5, 5.41) is 13.3. The van der Waals surface area contributed by atoms with E-state index in [1.807, 2.05) is 24.3 Å². The molecule has 1 aromatic carbocycles. The maximum atomic E-state index is 13.4. The highest BCUT2D eigenvalue weighted by Crippen LogP contribution is 2.27. The lowest BCUT2D eigenvalue weighted by Gasteiger charge is -2.28. The normalized spacial score (nSPS) is 14.9. The van der Waals surface area contributed by atoms with Gasteiger partial charge in [0, 0.05) is 12.7 Å². The Morgan fingerprint density at radius 1 is 1.20 bits per heavy atom. The molecule has 0 N–H and O–H groups in total. The zero-order valence-corrected chi connectivity index (χ0v) is 16.8. The molecule has 0 fully saturated rings. The van der Waals surface area contributed by atoms with E-state index in [9.17, 15) is 9.59 Å². The van der Waals surface area contributed by atoms with Crippen LogP contribution in [-0.2, 0) is 25.9 Å². The molecule has 30 heavy (non-hydrogen) atoms. The monoisotopic (exact) mass is 399 g/mol. The van der Waals surface area contributed by atoms with Crippen molar-refractivity contribution in [1.29, 1.82) is 5.26 Å². The van der Waals surface area contributed by atoms with Gasteiger partial charge in [-0.15, -0.1) is 0 Å². The molecule has 0 radical (unpaired) electrons. The van der Waals surface area contributed by atoms with E-state index in [2.05, 4.69) is 11.2 Å². The van der Waals surface area contributed by atoms with Gasteiger partial charge in [0.25, 0.3) is 11.5 Å². The fourth-order valence-electron chi connectivity index (χ4n) is 4.55. The SMILES string of the molecule is Cc1ccn(-c2cccc3c2CCC3)c(=O)c1C(=O)N1CCn2nc(C#N)cc2C1. The first-order chi connectivity index (χ1) is 14.6. The second-order valence-corrected chi connectivity index (χ2v) is 7.90. The van der Waals surface area contributed by atoms with Crippen molar-refractivity contribution in [3.8, 4) is 11.8 Å². The summed E-state index contributed by atoms with van der Waals surface area (Å²) in [6.07, 6.45) is 4.84. The van der Waals surface area contributed by atoms with Gasteiger partial charge in [-0.25, -0.2) is 0 Å². The van der Waals surface area contributed by atoms with Crippen LogP contribution in [0, 0.1) is 18.3 Å². The summed E-state index contributed by atoms with van der Waals surface area (Å²) in [5.41, 5.74) is 5.11. The van der Waals surface area contributed by atoms with Crippen LogP contribution in [0.2, 0.25) is 0 Å². The van der Waals surface area contributed by atoms with Crippen molar-refractivity contribution in [2.24, 2.45) is 0 Å². The molecule has 2 aromatic heterocycles. The van der Waals surface area contributed by atoms with Crippen LogP contribution in [0.3, 0.4) is 0 Å². The third-order valence-electron chi connectivity index (χ3n) is 6.09. The number of amides is 1. The Morgan fingerprint density at radius 3 is 2.90 bits per heavy atom. The van der Waals surface area contributed by atoms with Crippen LogP contribution in [0.4, 0.5) is 0 Å². The largest absolute Gasteiger partial charge is 0.331 e. The van der Waals surface area contributed by atoms with Crippen molar-refractivity contribution in [1.82, 2.24) is 19.2 Å². The number of nitriles is 1. The van der Waals surface area contributed by atoms with E-state index in [0.717, 1.165) is 30.6 Å². The molecule has 0 spiro atoms. The number of carbonyl (C=O) groups is 1. The van der Waals surface area contributed by atoms with E-state index in [-0.39, 0.29) is 17.0 Å². The van der Waals surface area contributed by atoms with Crippen LogP contribution >= 0.6 is 0 Å². The van der Waals surface area contributed by atoms with Gasteiger partial charge in [-0.05, 0) is 61.1 Å². The minimum Gasteiger partial charge on any atom is -0.331 e. The average Bonchev–Trinajstić information content (AvgIpc) is 3.39. The summed E-state index contributed by atoms with van der Waals surface area (Å²) in [6.45, 7) is 3.10. The summed E-state index contributed by atoms with van der Waals surface area (Å²) >= 11 is 0. The van der Waals surface area contributed by atoms with Gasteiger partial charge < -0.3 is 4.90 Å². The third kappa shape index (κ3) is 2.84. The highest BCUT2D eigenvalue weighted by Gasteiger charge is 2.27. The molecule has 3 heterocycles. The van der Waals surface area contributed by atoms with E-state index >= 15 is 0 Å². The highest BCUT2D eigenvalue weighted by atomic mass is 16.2. The smallest absolute Gasteiger partial charge is 0.268 e. The molecule has 0 bridgehead atoms. The Morgan fingerprint density at radius 2 is 2.07 bits per heavy atom. The number of rotatable bonds is 2. The molecular weight excluding hydrogens is 378 g/mol. The first-order valence-electron chi connectivity index (χ1n) is 10.2. The zero-order chi connectivity index (χ0) is 20.8. The molecule has 2 aliphatic rings. The Labute approximate surface area is 173 Å². The van der Waals surface area contributed by atoms with Crippen LogP contribution in [0.15, 0.2) is 41.3 Å². The van der Waals surface area contributed by atoms with Gasteiger partial charge in [0.15, 0.2) is 5.69 Å². The Kier molecular flexibility index (Phi) is 4.28. The van der Waals surface area contributed by atoms with Crippen LogP contribution in [0.1, 0.15) is 44.9 Å². The first-order valence-corrected chi connectivity index (χ1v) is 10.2. The van der Waals surface area contributed by atoms with Gasteiger partial charge >= 0.3 is 0 Å². The molecular formula is C23H21N5O2. The molecule has 0 atom stereocenters. The topological polar surface area (TPSA) is 83.9 Å². The van der Waals surface area contributed by atoms with Crippen molar-refractivity contribution < 1.29 is 4.79 Å². The summed E-state index contributed by atoms with van der Waals surface area (Å²) in [7, 11) is 0. The quantitative estimate of drug-likeness (QED) is 0.662. The number of hydrogen-bond donors (Lipinski definition) is 0. The fraction of sp³-hybridized carbons (Fsp3) is 0.304. The van der Waals surface area contributed by atoms with E-state index < -0.39 is 0 Å². The molecule has 0 saturated heterocycles. The van der Waals surface area contributed by atoms with Gasteiger partial charge in [-0.2, -0.15) is 10.4 Å². The minimum atomic E-state index is -0.280. The predicted octanol–water partition coefficient (Wildman–Crippen LogP) is 2.36. The average molecular weight is 399 g/mol. The van der Waals surface area contributed by atoms with Crippen LogP contribution in [-0.4, -0.2) is 31.7 Å². The molecule has 1 aliphatic carbocycles. The number of pyridine rings is 1. The standard InChI is InChI=1S/C23H21N5O2/c1-15-8-9-27(20-7-3-5-16-4-2-6-19(16)20)23(30)21(15)22(29)26-10-11-28-18(14-26)12-17(13-24)25-28/h3,5,7-9,12H,2,4,6,10-11,14H2,1H3. The molecule has 3 aromatic rings. The van der Waals surface area contributed by atoms with Crippen LogP contribution in [0.25, 0.3) is 5.69 Å². The van der Waals surface area contributed by atoms with Crippen molar-refractivity contribution >= 4 is 5.91 Å². The van der Waals surface area contributed by atoms with E-state index in [4.69, 9.17) is 5.26 Å². The molecule has 1 amide bonds. The van der Waals surface area contributed by atoms with E-state index in [1.54, 1.807) is 33.3 Å². The van der Waals surface area contributed by atoms with Gasteiger partial charge in [0.05, 0.1) is 24.5 Å². The summed E-state index contributed by atoms with van der Waals surface area (Å²) in [4.78, 5) is 28.5. The summed E-state index contributed by atoms with van der Waals surface area (Å²) < 4.78 is 3.37. The number of aromatic nitrogens is 3. The predicted molar refractivity (Wildman–Crippen MR) is 110 cm³/mol. The fourth-order valence-corrected chi connectivity index (χ4v) is 4.55. The van der Waals surface area contributed by atoms with Crippen molar-refractivity contribution in [2.75, 3.05) is 6.54 Å². The zero-order valence-electron chi connectivity index (χ0n) is 16.8. The number of nitrogens with zero attached hydrogens (tertiary/aromatic N) is 5. The maximum absolute atomic E-state index is 13.4. The Bertz CT molecular complexity index is 1280. The van der Waals surface area contributed by atoms with Crippen LogP contribution in [0.5, 0.6) is 0 Å². The lowest BCUT2D eigenvalue weighted by atomic mass is 10.1. The summed E-state index contributed by atoms with van der Waals surface area (Å²) in [5.74, 6) is -0.273. The lowest BCUT2D eigenvalue weighted by Crippen LogP contribution is -2.41. The molecule has 7 heteroatoms. The first kappa shape index (κ1) is 18.4. The number of carbonyl (C=O) groups excluding carboxylic acids is 1. The van der Waals surface area contributed by atoms with Crippen molar-refractivity contribution in [3.05, 3.63) is 80.5 Å². The molecule has 150 valence electrons. The molecule has 7 nitrogen and oxygen atoms in total. The van der Waals surface area contributed by atoms with Gasteiger partial charge in [0.2, 0.25) is 0 Å². The van der Waals surface area contributed by atoms with Crippen molar-refractivity contribution in [3.63, 3.8) is 0 Å². The number of benzene rings is 1. The number of aryl methyl sites for hydroxylation is 2. The van der Waals surface area contributed by atoms with Gasteiger partial charge in [-0.1, -0.05) is 12.1 Å². The second-order valence-electron chi connectivity index (χ2n) is 7.90. The second kappa shape index (κ2) is 6.99. The van der Waals surface area contributed by atoms with Gasteiger partial charge in [0.1, 0.15) is 11.6 Å². The van der Waals surface area contributed by atoms with E-state index in [1.165, 1.54) is 11.1 Å². The lowest BCUT2D eigenvalue weighted by molar-refractivity contribution is 0.0703. The molecule has 5 rings (SSSR count). The maximum Gasteiger partial charge on any atom is 0.268 e. The minimum absolute atomic E-state index is 0.210.